The molecule has 0 radical (unpaired) electrons. The summed E-state index contributed by atoms with van der Waals surface area (Å²) in [5.41, 5.74) is 4.81. The highest BCUT2D eigenvalue weighted by Crippen LogP contribution is 2.23. The highest BCUT2D eigenvalue weighted by atomic mass is 16.2. The molecule has 0 spiro atoms. The number of pyridine rings is 1. The van der Waals surface area contributed by atoms with Crippen LogP contribution in [0.4, 0.5) is 0 Å². The maximum absolute atomic E-state index is 13.8. The predicted octanol–water partition coefficient (Wildman–Crippen LogP) is 5.48. The van der Waals surface area contributed by atoms with E-state index < -0.39 is 0 Å². The summed E-state index contributed by atoms with van der Waals surface area (Å²) < 4.78 is 1.95. The quantitative estimate of drug-likeness (QED) is 0.357. The van der Waals surface area contributed by atoms with Crippen LogP contribution in [0.3, 0.4) is 0 Å². The van der Waals surface area contributed by atoms with Crippen LogP contribution in [0.25, 0.3) is 22.0 Å². The van der Waals surface area contributed by atoms with Gasteiger partial charge in [-0.25, -0.2) is 4.98 Å². The third-order valence-corrected chi connectivity index (χ3v) is 5.83. The van der Waals surface area contributed by atoms with Gasteiger partial charge in [0.1, 0.15) is 5.82 Å². The monoisotopic (exact) mass is 432 g/mol. The van der Waals surface area contributed by atoms with Gasteiger partial charge in [-0.05, 0) is 34.9 Å². The fraction of sp³-hybridized carbons (Fsp3) is 0.107. The summed E-state index contributed by atoms with van der Waals surface area (Å²) in [7, 11) is 1.95. The first-order valence-electron chi connectivity index (χ1n) is 10.9. The highest BCUT2D eigenvalue weighted by Gasteiger charge is 2.21. The van der Waals surface area contributed by atoms with Gasteiger partial charge in [0.05, 0.1) is 17.6 Å². The molecule has 0 fully saturated rings. The summed E-state index contributed by atoms with van der Waals surface area (Å²) in [5.74, 6) is 0.794. The van der Waals surface area contributed by atoms with E-state index >= 15 is 0 Å². The van der Waals surface area contributed by atoms with Gasteiger partial charge >= 0.3 is 0 Å². The van der Waals surface area contributed by atoms with Crippen molar-refractivity contribution < 1.29 is 4.79 Å². The number of benzene rings is 3. The van der Waals surface area contributed by atoms with Crippen molar-refractivity contribution in [3.05, 3.63) is 120 Å². The van der Waals surface area contributed by atoms with Crippen LogP contribution in [0, 0.1) is 0 Å². The second-order valence-corrected chi connectivity index (χ2v) is 8.06. The maximum Gasteiger partial charge on any atom is 0.255 e. The van der Waals surface area contributed by atoms with Gasteiger partial charge in [0.15, 0.2) is 0 Å². The zero-order valence-corrected chi connectivity index (χ0v) is 18.4. The number of imidazole rings is 1. The molecule has 5 nitrogen and oxygen atoms in total. The van der Waals surface area contributed by atoms with Crippen LogP contribution in [0.5, 0.6) is 0 Å². The lowest BCUT2D eigenvalue weighted by molar-refractivity contribution is 0.0726. The number of para-hydroxylation sites is 1. The van der Waals surface area contributed by atoms with Gasteiger partial charge in [0, 0.05) is 37.6 Å². The van der Waals surface area contributed by atoms with Crippen LogP contribution >= 0.6 is 0 Å². The van der Waals surface area contributed by atoms with Gasteiger partial charge in [-0.1, -0.05) is 66.7 Å². The van der Waals surface area contributed by atoms with E-state index in [-0.39, 0.29) is 5.91 Å². The van der Waals surface area contributed by atoms with Crippen LogP contribution in [0.2, 0.25) is 0 Å². The van der Waals surface area contributed by atoms with Gasteiger partial charge in [0.25, 0.3) is 5.91 Å². The minimum atomic E-state index is -0.0401. The molecule has 0 aliphatic rings. The molecular weight excluding hydrogens is 408 g/mol. The number of hydrogen-bond donors (Lipinski definition) is 0. The summed E-state index contributed by atoms with van der Waals surface area (Å²) in [6.07, 6.45) is 5.36. The number of amides is 1. The van der Waals surface area contributed by atoms with E-state index in [9.17, 15) is 4.79 Å². The molecule has 0 unspecified atom stereocenters. The number of fused-ring (bicyclic) bond motifs is 1. The Labute approximate surface area is 193 Å². The van der Waals surface area contributed by atoms with Gasteiger partial charge in [-0.3, -0.25) is 9.78 Å². The summed E-state index contributed by atoms with van der Waals surface area (Å²) in [6.45, 7) is 0.886. The minimum absolute atomic E-state index is 0.0401. The Morgan fingerprint density at radius 3 is 2.42 bits per heavy atom. The number of hydrogen-bond acceptors (Lipinski definition) is 3. The number of rotatable bonds is 6. The standard InChI is InChI=1S/C28H24N4O/c1-31-17-16-30-27(31)20-32(28(33)25-14-15-29-26-13-6-5-12-24(25)26)19-21-8-7-11-23(18-21)22-9-3-2-4-10-22/h2-18H,19-20H2,1H3. The van der Waals surface area contributed by atoms with E-state index in [1.54, 1.807) is 18.5 Å². The summed E-state index contributed by atoms with van der Waals surface area (Å²) in [5, 5.41) is 0.855. The summed E-state index contributed by atoms with van der Waals surface area (Å²) >= 11 is 0. The largest absolute Gasteiger partial charge is 0.337 e. The number of carbonyl (C=O) groups is 1. The lowest BCUT2D eigenvalue weighted by Gasteiger charge is -2.24. The molecule has 0 saturated carbocycles. The Bertz CT molecular complexity index is 1400. The summed E-state index contributed by atoms with van der Waals surface area (Å²) in [4.78, 5) is 24.5. The second kappa shape index (κ2) is 9.09. The first kappa shape index (κ1) is 20.6. The number of aromatic nitrogens is 3. The average molecular weight is 433 g/mol. The van der Waals surface area contributed by atoms with Crippen LogP contribution in [0.15, 0.2) is 104 Å². The van der Waals surface area contributed by atoms with Gasteiger partial charge in [-0.2, -0.15) is 0 Å². The third kappa shape index (κ3) is 4.39. The molecule has 5 rings (SSSR count). The minimum Gasteiger partial charge on any atom is -0.337 e. The topological polar surface area (TPSA) is 51.0 Å². The Morgan fingerprint density at radius 2 is 1.61 bits per heavy atom. The molecule has 5 heteroatoms. The predicted molar refractivity (Wildman–Crippen MR) is 130 cm³/mol. The molecule has 2 aromatic heterocycles. The molecule has 3 aromatic carbocycles. The van der Waals surface area contributed by atoms with E-state index in [1.807, 2.05) is 71.2 Å². The number of carbonyl (C=O) groups excluding carboxylic acids is 1. The first-order chi connectivity index (χ1) is 16.2. The highest BCUT2D eigenvalue weighted by molar-refractivity contribution is 6.05. The van der Waals surface area contributed by atoms with Crippen molar-refractivity contribution in [2.75, 3.05) is 0 Å². The fourth-order valence-corrected chi connectivity index (χ4v) is 4.07. The van der Waals surface area contributed by atoms with Crippen LogP contribution < -0.4 is 0 Å². The molecule has 0 aliphatic carbocycles. The van der Waals surface area contributed by atoms with Crippen molar-refractivity contribution >= 4 is 16.8 Å². The van der Waals surface area contributed by atoms with Crippen molar-refractivity contribution in [2.24, 2.45) is 7.05 Å². The molecule has 0 atom stereocenters. The molecule has 2 heterocycles. The van der Waals surface area contributed by atoms with Crippen molar-refractivity contribution in [1.82, 2.24) is 19.4 Å². The smallest absolute Gasteiger partial charge is 0.255 e. The van der Waals surface area contributed by atoms with E-state index in [4.69, 9.17) is 0 Å². The average Bonchev–Trinajstić information content (AvgIpc) is 3.27. The molecule has 0 bridgehead atoms. The zero-order valence-electron chi connectivity index (χ0n) is 18.4. The fourth-order valence-electron chi connectivity index (χ4n) is 4.07. The van der Waals surface area contributed by atoms with Crippen molar-refractivity contribution in [1.29, 1.82) is 0 Å². The molecule has 33 heavy (non-hydrogen) atoms. The number of nitrogens with zero attached hydrogens (tertiary/aromatic N) is 4. The molecule has 162 valence electrons. The Kier molecular flexibility index (Phi) is 5.68. The molecule has 5 aromatic rings. The van der Waals surface area contributed by atoms with Crippen LogP contribution in [-0.4, -0.2) is 25.3 Å². The normalized spacial score (nSPS) is 10.9. The van der Waals surface area contributed by atoms with E-state index in [2.05, 4.69) is 40.3 Å². The molecule has 0 N–H and O–H groups in total. The van der Waals surface area contributed by atoms with E-state index in [1.165, 1.54) is 0 Å². The molecular formula is C28H24N4O. The Hall–Kier alpha value is -4.25. The maximum atomic E-state index is 13.8. The van der Waals surface area contributed by atoms with Crippen molar-refractivity contribution in [3.8, 4) is 11.1 Å². The third-order valence-electron chi connectivity index (χ3n) is 5.83. The Morgan fingerprint density at radius 1 is 0.818 bits per heavy atom. The first-order valence-corrected chi connectivity index (χ1v) is 10.9. The number of aryl methyl sites for hydroxylation is 1. The van der Waals surface area contributed by atoms with Gasteiger partial charge in [0.2, 0.25) is 0 Å². The summed E-state index contributed by atoms with van der Waals surface area (Å²) in [6, 6.07) is 28.2. The van der Waals surface area contributed by atoms with Crippen molar-refractivity contribution in [2.45, 2.75) is 13.1 Å². The SMILES string of the molecule is Cn1ccnc1CN(Cc1cccc(-c2ccccc2)c1)C(=O)c1ccnc2ccccc12. The van der Waals surface area contributed by atoms with E-state index in [0.717, 1.165) is 33.4 Å². The van der Waals surface area contributed by atoms with E-state index in [0.29, 0.717) is 18.7 Å². The van der Waals surface area contributed by atoms with Crippen LogP contribution in [-0.2, 0) is 20.1 Å². The van der Waals surface area contributed by atoms with Crippen molar-refractivity contribution in [3.63, 3.8) is 0 Å². The van der Waals surface area contributed by atoms with Gasteiger partial charge < -0.3 is 9.47 Å². The zero-order chi connectivity index (χ0) is 22.6. The van der Waals surface area contributed by atoms with Gasteiger partial charge in [-0.15, -0.1) is 0 Å². The molecule has 1 amide bonds. The molecule has 0 saturated heterocycles. The van der Waals surface area contributed by atoms with Crippen LogP contribution in [0.1, 0.15) is 21.7 Å². The second-order valence-electron chi connectivity index (χ2n) is 8.06. The lowest BCUT2D eigenvalue weighted by atomic mass is 10.0. The molecule has 0 aliphatic heterocycles. The Balaban J connectivity index is 1.51. The lowest BCUT2D eigenvalue weighted by Crippen LogP contribution is -2.31.